The van der Waals surface area contributed by atoms with Crippen LogP contribution in [0.5, 0.6) is 0 Å². The minimum absolute atomic E-state index is 0.391. The van der Waals surface area contributed by atoms with E-state index in [2.05, 4.69) is 5.32 Å². The largest absolute Gasteiger partial charge is 0.480 e. The number of hydrogen-bond donors (Lipinski definition) is 3. The molecule has 2 amide bonds. The number of nitrogens with one attached hydrogen (secondary N) is 1. The van der Waals surface area contributed by atoms with Gasteiger partial charge in [-0.1, -0.05) is 18.2 Å². The van der Waals surface area contributed by atoms with Gasteiger partial charge in [0.25, 0.3) is 5.91 Å². The Labute approximate surface area is 118 Å². The molecule has 0 saturated carbocycles. The molecule has 0 fully saturated rings. The number of rotatable bonds is 5. The Bertz CT molecular complexity index is 647. The molecule has 2 aromatic rings. The van der Waals surface area contributed by atoms with Crippen LogP contribution >= 0.6 is 11.3 Å². The van der Waals surface area contributed by atoms with Gasteiger partial charge in [0.05, 0.1) is 11.3 Å². The zero-order valence-corrected chi connectivity index (χ0v) is 11.1. The summed E-state index contributed by atoms with van der Waals surface area (Å²) >= 11 is 1.26. The summed E-state index contributed by atoms with van der Waals surface area (Å²) < 4.78 is 0.930. The fourth-order valence-electron chi connectivity index (χ4n) is 1.72. The van der Waals surface area contributed by atoms with Crippen molar-refractivity contribution in [1.29, 1.82) is 0 Å². The lowest BCUT2D eigenvalue weighted by molar-refractivity contribution is -0.140. The zero-order valence-electron chi connectivity index (χ0n) is 10.3. The minimum atomic E-state index is -1.31. The van der Waals surface area contributed by atoms with Gasteiger partial charge in [-0.2, -0.15) is 0 Å². The number of carbonyl (C=O) groups is 3. The number of amides is 2. The molecule has 1 aromatic carbocycles. The molecule has 0 unspecified atom stereocenters. The van der Waals surface area contributed by atoms with Crippen molar-refractivity contribution in [2.24, 2.45) is 5.73 Å². The first-order valence-corrected chi connectivity index (χ1v) is 6.59. The van der Waals surface area contributed by atoms with Crippen molar-refractivity contribution in [3.05, 3.63) is 35.2 Å². The Hall–Kier alpha value is -2.41. The number of thiophene rings is 1. The molecule has 1 aromatic heterocycles. The van der Waals surface area contributed by atoms with E-state index in [4.69, 9.17) is 10.8 Å². The first-order valence-electron chi connectivity index (χ1n) is 5.78. The maximum atomic E-state index is 12.0. The van der Waals surface area contributed by atoms with Crippen molar-refractivity contribution in [2.45, 2.75) is 12.5 Å². The van der Waals surface area contributed by atoms with Crippen molar-refractivity contribution >= 4 is 39.2 Å². The summed E-state index contributed by atoms with van der Waals surface area (Å²) in [5, 5.41) is 12.1. The van der Waals surface area contributed by atoms with E-state index in [1.165, 1.54) is 11.3 Å². The molecule has 2 rings (SSSR count). The lowest BCUT2D eigenvalue weighted by Crippen LogP contribution is -2.43. The van der Waals surface area contributed by atoms with E-state index in [9.17, 15) is 14.4 Å². The summed E-state index contributed by atoms with van der Waals surface area (Å²) in [5.41, 5.74) is 4.96. The highest BCUT2D eigenvalue weighted by atomic mass is 32.1. The highest BCUT2D eigenvalue weighted by Crippen LogP contribution is 2.25. The maximum Gasteiger partial charge on any atom is 0.326 e. The van der Waals surface area contributed by atoms with Gasteiger partial charge in [-0.15, -0.1) is 11.3 Å². The van der Waals surface area contributed by atoms with Gasteiger partial charge >= 0.3 is 5.97 Å². The van der Waals surface area contributed by atoms with Gasteiger partial charge in [0, 0.05) is 4.70 Å². The van der Waals surface area contributed by atoms with Gasteiger partial charge in [-0.3, -0.25) is 9.59 Å². The molecule has 104 valence electrons. The number of primary amides is 1. The van der Waals surface area contributed by atoms with E-state index in [1.54, 1.807) is 6.07 Å². The second-order valence-corrected chi connectivity index (χ2v) is 5.27. The Kier molecular flexibility index (Phi) is 3.99. The van der Waals surface area contributed by atoms with E-state index < -0.39 is 30.2 Å². The fourth-order valence-corrected chi connectivity index (χ4v) is 2.69. The standard InChI is InChI=1S/C13H12N2O4S/c14-11(16)6-8(13(18)19)15-12(17)10-5-7-3-1-2-4-9(7)20-10/h1-5,8H,6H2,(H2,14,16)(H,15,17)(H,18,19)/t8-/m0/s1. The molecule has 1 heterocycles. The smallest absolute Gasteiger partial charge is 0.326 e. The van der Waals surface area contributed by atoms with E-state index in [1.807, 2.05) is 24.3 Å². The summed E-state index contributed by atoms with van der Waals surface area (Å²) in [6.45, 7) is 0. The van der Waals surface area contributed by atoms with Crippen LogP contribution in [0.15, 0.2) is 30.3 Å². The van der Waals surface area contributed by atoms with Crippen molar-refractivity contribution in [3.63, 3.8) is 0 Å². The van der Waals surface area contributed by atoms with Crippen molar-refractivity contribution in [3.8, 4) is 0 Å². The molecule has 0 saturated heterocycles. The van der Waals surface area contributed by atoms with Gasteiger partial charge < -0.3 is 16.2 Å². The number of benzene rings is 1. The molecule has 7 heteroatoms. The Morgan fingerprint density at radius 3 is 2.60 bits per heavy atom. The lowest BCUT2D eigenvalue weighted by Gasteiger charge is -2.11. The molecule has 1 atom stereocenters. The number of carboxylic acids is 1. The molecule has 0 aliphatic carbocycles. The summed E-state index contributed by atoms with van der Waals surface area (Å²) in [6, 6.07) is 7.80. The lowest BCUT2D eigenvalue weighted by atomic mass is 10.2. The van der Waals surface area contributed by atoms with Crippen molar-refractivity contribution < 1.29 is 19.5 Å². The van der Waals surface area contributed by atoms with Crippen LogP contribution < -0.4 is 11.1 Å². The molecule has 6 nitrogen and oxygen atoms in total. The zero-order chi connectivity index (χ0) is 14.7. The van der Waals surface area contributed by atoms with Crippen LogP contribution in [-0.2, 0) is 9.59 Å². The van der Waals surface area contributed by atoms with E-state index in [0.29, 0.717) is 4.88 Å². The Morgan fingerprint density at radius 1 is 1.30 bits per heavy atom. The summed E-state index contributed by atoms with van der Waals surface area (Å²) in [7, 11) is 0. The van der Waals surface area contributed by atoms with Gasteiger partial charge in [0.1, 0.15) is 6.04 Å². The predicted octanol–water partition coefficient (Wildman–Crippen LogP) is 0.960. The molecule has 0 spiro atoms. The van der Waals surface area contributed by atoms with Crippen LogP contribution in [-0.4, -0.2) is 28.9 Å². The van der Waals surface area contributed by atoms with Gasteiger partial charge in [-0.25, -0.2) is 4.79 Å². The van der Waals surface area contributed by atoms with Gasteiger partial charge in [0.15, 0.2) is 0 Å². The number of carbonyl (C=O) groups excluding carboxylic acids is 2. The third-order valence-electron chi connectivity index (χ3n) is 2.66. The number of fused-ring (bicyclic) bond motifs is 1. The third kappa shape index (κ3) is 3.12. The van der Waals surface area contributed by atoms with Crippen LogP contribution in [0.3, 0.4) is 0 Å². The molecule has 20 heavy (non-hydrogen) atoms. The highest BCUT2D eigenvalue weighted by molar-refractivity contribution is 7.20. The summed E-state index contributed by atoms with van der Waals surface area (Å²) in [5.74, 6) is -2.60. The Balaban J connectivity index is 2.17. The van der Waals surface area contributed by atoms with E-state index in [0.717, 1.165) is 10.1 Å². The quantitative estimate of drug-likeness (QED) is 0.762. The normalized spacial score (nSPS) is 12.0. The van der Waals surface area contributed by atoms with Gasteiger partial charge in [-0.05, 0) is 17.5 Å². The van der Waals surface area contributed by atoms with Crippen molar-refractivity contribution in [2.75, 3.05) is 0 Å². The number of aliphatic carboxylic acids is 1. The molecular formula is C13H12N2O4S. The van der Waals surface area contributed by atoms with E-state index in [-0.39, 0.29) is 0 Å². The Morgan fingerprint density at radius 2 is 2.00 bits per heavy atom. The van der Waals surface area contributed by atoms with Crippen molar-refractivity contribution in [1.82, 2.24) is 5.32 Å². The van der Waals surface area contributed by atoms with Crippen LogP contribution in [0, 0.1) is 0 Å². The first-order chi connectivity index (χ1) is 9.47. The monoisotopic (exact) mass is 292 g/mol. The molecule has 0 radical (unpaired) electrons. The molecule has 0 aliphatic rings. The molecular weight excluding hydrogens is 280 g/mol. The number of nitrogens with two attached hydrogens (primary N) is 1. The topological polar surface area (TPSA) is 109 Å². The fraction of sp³-hybridized carbons (Fsp3) is 0.154. The molecule has 4 N–H and O–H groups in total. The molecule has 0 aliphatic heterocycles. The SMILES string of the molecule is NC(=O)C[C@H](NC(=O)c1cc2ccccc2s1)C(=O)O. The third-order valence-corrected chi connectivity index (χ3v) is 3.77. The minimum Gasteiger partial charge on any atom is -0.480 e. The van der Waals surface area contributed by atoms with Crippen LogP contribution in [0.4, 0.5) is 0 Å². The average molecular weight is 292 g/mol. The van der Waals surface area contributed by atoms with E-state index >= 15 is 0 Å². The van der Waals surface area contributed by atoms with Gasteiger partial charge in [0.2, 0.25) is 5.91 Å². The highest BCUT2D eigenvalue weighted by Gasteiger charge is 2.23. The average Bonchev–Trinajstić information content (AvgIpc) is 2.81. The summed E-state index contributed by atoms with van der Waals surface area (Å²) in [4.78, 5) is 34.1. The predicted molar refractivity (Wildman–Crippen MR) is 74.5 cm³/mol. The first kappa shape index (κ1) is 14.0. The number of carboxylic acid groups (broad SMARTS) is 1. The maximum absolute atomic E-state index is 12.0. The second kappa shape index (κ2) is 5.70. The van der Waals surface area contributed by atoms with Crippen LogP contribution in [0.2, 0.25) is 0 Å². The van der Waals surface area contributed by atoms with Crippen LogP contribution in [0.25, 0.3) is 10.1 Å². The molecule has 0 bridgehead atoms. The summed E-state index contributed by atoms with van der Waals surface area (Å²) in [6.07, 6.45) is -0.439. The second-order valence-electron chi connectivity index (χ2n) is 4.18. The number of hydrogen-bond acceptors (Lipinski definition) is 4. The van der Waals surface area contributed by atoms with Crippen LogP contribution in [0.1, 0.15) is 16.1 Å².